The molecule has 0 saturated heterocycles. The number of anilines is 1. The lowest BCUT2D eigenvalue weighted by Crippen LogP contribution is -2.54. The zero-order chi connectivity index (χ0) is 30.0. The Morgan fingerprint density at radius 2 is 1.46 bits per heavy atom. The molecule has 0 saturated carbocycles. The van der Waals surface area contributed by atoms with Gasteiger partial charge >= 0.3 is 0 Å². The Morgan fingerprint density at radius 3 is 2.00 bits per heavy atom. The highest BCUT2D eigenvalue weighted by molar-refractivity contribution is 7.92. The van der Waals surface area contributed by atoms with Crippen LogP contribution in [0.25, 0.3) is 0 Å². The molecule has 220 valence electrons. The van der Waals surface area contributed by atoms with E-state index >= 15 is 0 Å². The minimum Gasteiger partial charge on any atom is -0.493 e. The standard InChI is InChI=1S/C31H39N3O6S/c1-6-23(2)32-31(36)27(19-24-13-9-7-10-14-24)33(21-25-15-11-8-12-16-25)30(35)22-34(41(5,37)38)26-17-18-28(39-3)29(20-26)40-4/h7-18,20,23,27H,6,19,21-22H2,1-5H3,(H,32,36). The van der Waals surface area contributed by atoms with Crippen LogP contribution in [0.2, 0.25) is 0 Å². The number of benzene rings is 3. The molecule has 0 aromatic heterocycles. The quantitative estimate of drug-likeness (QED) is 0.308. The SMILES string of the molecule is CCC(C)NC(=O)C(Cc1ccccc1)N(Cc1ccccc1)C(=O)CN(c1ccc(OC)c(OC)c1)S(C)(=O)=O. The first-order valence-electron chi connectivity index (χ1n) is 13.4. The van der Waals surface area contributed by atoms with E-state index in [2.05, 4.69) is 5.32 Å². The Balaban J connectivity index is 2.06. The highest BCUT2D eigenvalue weighted by atomic mass is 32.2. The fourth-order valence-corrected chi connectivity index (χ4v) is 5.21. The molecule has 3 rings (SSSR count). The van der Waals surface area contributed by atoms with Crippen LogP contribution in [0.5, 0.6) is 11.5 Å². The summed E-state index contributed by atoms with van der Waals surface area (Å²) in [6, 6.07) is 22.4. The van der Waals surface area contributed by atoms with Crippen LogP contribution >= 0.6 is 0 Å². The second-order valence-electron chi connectivity index (χ2n) is 9.84. The van der Waals surface area contributed by atoms with E-state index in [1.165, 1.54) is 25.2 Å². The van der Waals surface area contributed by atoms with E-state index in [-0.39, 0.29) is 30.6 Å². The fourth-order valence-electron chi connectivity index (χ4n) is 4.37. The third kappa shape index (κ3) is 8.72. The zero-order valence-corrected chi connectivity index (χ0v) is 25.1. The topological polar surface area (TPSA) is 105 Å². The average molecular weight is 582 g/mol. The van der Waals surface area contributed by atoms with Gasteiger partial charge in [-0.15, -0.1) is 0 Å². The van der Waals surface area contributed by atoms with Crippen LogP contribution in [0.15, 0.2) is 78.9 Å². The average Bonchev–Trinajstić information content (AvgIpc) is 2.97. The molecular weight excluding hydrogens is 542 g/mol. The number of ether oxygens (including phenoxy) is 2. The first-order chi connectivity index (χ1) is 19.6. The highest BCUT2D eigenvalue weighted by Crippen LogP contribution is 2.32. The van der Waals surface area contributed by atoms with Crippen LogP contribution in [0.4, 0.5) is 5.69 Å². The molecule has 0 aliphatic heterocycles. The Bertz CT molecular complexity index is 1400. The van der Waals surface area contributed by atoms with Gasteiger partial charge in [0.2, 0.25) is 21.8 Å². The summed E-state index contributed by atoms with van der Waals surface area (Å²) in [4.78, 5) is 29.3. The number of sulfonamides is 1. The second-order valence-corrected chi connectivity index (χ2v) is 11.7. The smallest absolute Gasteiger partial charge is 0.244 e. The molecule has 0 aliphatic rings. The maximum Gasteiger partial charge on any atom is 0.244 e. The van der Waals surface area contributed by atoms with Crippen molar-refractivity contribution < 1.29 is 27.5 Å². The normalized spacial score (nSPS) is 12.6. The predicted molar refractivity (Wildman–Crippen MR) is 161 cm³/mol. The number of carbonyl (C=O) groups is 2. The number of carbonyl (C=O) groups excluding carboxylic acids is 2. The van der Waals surface area contributed by atoms with Gasteiger partial charge in [-0.1, -0.05) is 67.6 Å². The Morgan fingerprint density at radius 1 is 0.878 bits per heavy atom. The summed E-state index contributed by atoms with van der Waals surface area (Å²) in [6.07, 6.45) is 2.02. The van der Waals surface area contributed by atoms with Crippen LogP contribution in [0, 0.1) is 0 Å². The lowest BCUT2D eigenvalue weighted by atomic mass is 10.0. The Labute approximate surface area is 243 Å². The summed E-state index contributed by atoms with van der Waals surface area (Å²) in [5, 5.41) is 3.02. The lowest BCUT2D eigenvalue weighted by Gasteiger charge is -2.34. The third-order valence-electron chi connectivity index (χ3n) is 6.80. The molecule has 3 aromatic rings. The number of nitrogens with zero attached hydrogens (tertiary/aromatic N) is 2. The molecule has 0 aliphatic carbocycles. The molecule has 9 nitrogen and oxygen atoms in total. The number of nitrogens with one attached hydrogen (secondary N) is 1. The van der Waals surface area contributed by atoms with Crippen molar-refractivity contribution in [1.82, 2.24) is 10.2 Å². The first-order valence-corrected chi connectivity index (χ1v) is 15.3. The molecule has 1 N–H and O–H groups in total. The Kier molecular flexibility index (Phi) is 11.2. The number of methoxy groups -OCH3 is 2. The third-order valence-corrected chi connectivity index (χ3v) is 7.94. The molecular formula is C31H39N3O6S. The minimum absolute atomic E-state index is 0.103. The van der Waals surface area contributed by atoms with Crippen LogP contribution in [-0.4, -0.2) is 64.2 Å². The summed E-state index contributed by atoms with van der Waals surface area (Å²) in [5.74, 6) is -0.0766. The van der Waals surface area contributed by atoms with Crippen LogP contribution in [-0.2, 0) is 32.6 Å². The van der Waals surface area contributed by atoms with Gasteiger partial charge in [-0.3, -0.25) is 13.9 Å². The molecule has 41 heavy (non-hydrogen) atoms. The Hall–Kier alpha value is -4.05. The van der Waals surface area contributed by atoms with Gasteiger partial charge in [-0.2, -0.15) is 0 Å². The van der Waals surface area contributed by atoms with E-state index in [0.29, 0.717) is 11.5 Å². The van der Waals surface area contributed by atoms with Crippen molar-refractivity contribution in [2.45, 2.75) is 45.3 Å². The van der Waals surface area contributed by atoms with E-state index < -0.39 is 28.5 Å². The fraction of sp³-hybridized carbons (Fsp3) is 0.355. The van der Waals surface area contributed by atoms with Crippen molar-refractivity contribution in [2.24, 2.45) is 0 Å². The minimum atomic E-state index is -3.90. The maximum absolute atomic E-state index is 14.1. The van der Waals surface area contributed by atoms with Crippen molar-refractivity contribution in [1.29, 1.82) is 0 Å². The van der Waals surface area contributed by atoms with Gasteiger partial charge in [0, 0.05) is 25.1 Å². The monoisotopic (exact) mass is 581 g/mol. The maximum atomic E-state index is 14.1. The van der Waals surface area contributed by atoms with E-state index in [9.17, 15) is 18.0 Å². The molecule has 0 bridgehead atoms. The number of rotatable bonds is 14. The summed E-state index contributed by atoms with van der Waals surface area (Å²) < 4.78 is 37.6. The molecule has 10 heteroatoms. The van der Waals surface area contributed by atoms with Gasteiger partial charge in [-0.05, 0) is 36.6 Å². The first kappa shape index (κ1) is 31.5. The second kappa shape index (κ2) is 14.5. The summed E-state index contributed by atoms with van der Waals surface area (Å²) in [7, 11) is -0.975. The predicted octanol–water partition coefficient (Wildman–Crippen LogP) is 4.02. The number of hydrogen-bond acceptors (Lipinski definition) is 6. The summed E-state index contributed by atoms with van der Waals surface area (Å²) in [5.41, 5.74) is 1.93. The highest BCUT2D eigenvalue weighted by Gasteiger charge is 2.33. The summed E-state index contributed by atoms with van der Waals surface area (Å²) in [6.45, 7) is 3.48. The van der Waals surface area contributed by atoms with Gasteiger partial charge in [0.05, 0.1) is 26.2 Å². The molecule has 3 aromatic carbocycles. The lowest BCUT2D eigenvalue weighted by molar-refractivity contribution is -0.140. The van der Waals surface area contributed by atoms with Crippen LogP contribution in [0.1, 0.15) is 31.4 Å². The molecule has 0 spiro atoms. The van der Waals surface area contributed by atoms with E-state index in [1.807, 2.05) is 74.5 Å². The zero-order valence-electron chi connectivity index (χ0n) is 24.2. The molecule has 0 heterocycles. The molecule has 0 fully saturated rings. The van der Waals surface area contributed by atoms with Crippen molar-refractivity contribution in [3.63, 3.8) is 0 Å². The van der Waals surface area contributed by atoms with Crippen molar-refractivity contribution in [3.05, 3.63) is 90.0 Å². The summed E-state index contributed by atoms with van der Waals surface area (Å²) >= 11 is 0. The van der Waals surface area contributed by atoms with Crippen LogP contribution < -0.4 is 19.1 Å². The van der Waals surface area contributed by atoms with Crippen molar-refractivity contribution in [2.75, 3.05) is 31.3 Å². The van der Waals surface area contributed by atoms with Gasteiger partial charge in [-0.25, -0.2) is 8.42 Å². The molecule has 2 atom stereocenters. The van der Waals surface area contributed by atoms with Gasteiger partial charge in [0.1, 0.15) is 12.6 Å². The van der Waals surface area contributed by atoms with E-state index in [1.54, 1.807) is 12.1 Å². The molecule has 2 unspecified atom stereocenters. The molecule has 2 amide bonds. The van der Waals surface area contributed by atoms with Gasteiger partial charge in [0.15, 0.2) is 11.5 Å². The van der Waals surface area contributed by atoms with Crippen molar-refractivity contribution in [3.8, 4) is 11.5 Å². The largest absolute Gasteiger partial charge is 0.493 e. The van der Waals surface area contributed by atoms with Gasteiger partial charge in [0.25, 0.3) is 0 Å². The van der Waals surface area contributed by atoms with E-state index in [0.717, 1.165) is 28.1 Å². The number of hydrogen-bond donors (Lipinski definition) is 1. The molecule has 0 radical (unpaired) electrons. The number of amides is 2. The van der Waals surface area contributed by atoms with Gasteiger partial charge < -0.3 is 19.7 Å². The van der Waals surface area contributed by atoms with E-state index in [4.69, 9.17) is 9.47 Å². The van der Waals surface area contributed by atoms with Crippen LogP contribution in [0.3, 0.4) is 0 Å². The van der Waals surface area contributed by atoms with Crippen molar-refractivity contribution >= 4 is 27.5 Å².